The Bertz CT molecular complexity index is 249. The van der Waals surface area contributed by atoms with E-state index in [-0.39, 0.29) is 0 Å². The van der Waals surface area contributed by atoms with Crippen LogP contribution >= 0.6 is 0 Å². The lowest BCUT2D eigenvalue weighted by Crippen LogP contribution is -2.45. The van der Waals surface area contributed by atoms with Crippen LogP contribution in [-0.4, -0.2) is 44.6 Å². The Hall–Kier alpha value is -0.160. The van der Waals surface area contributed by atoms with Crippen molar-refractivity contribution in [3.63, 3.8) is 0 Å². The zero-order valence-electron chi connectivity index (χ0n) is 9.78. The van der Waals surface area contributed by atoms with Crippen LogP contribution in [0.25, 0.3) is 0 Å². The molecule has 92 valence electrons. The number of ether oxygens (including phenoxy) is 2. The van der Waals surface area contributed by atoms with Gasteiger partial charge in [0.2, 0.25) is 0 Å². The highest BCUT2D eigenvalue weighted by atomic mass is 16.6. The van der Waals surface area contributed by atoms with Gasteiger partial charge in [-0.3, -0.25) is 0 Å². The molecular formula is C12H22N2O2. The number of hydrogen-bond acceptors (Lipinski definition) is 4. The average Bonchev–Trinajstić information content (AvgIpc) is 2.51. The standard InChI is InChI=1S/C12H22N2O2/c13-11-5-9(16-10-7-15-8-10)6-12(11)1-3-14-4-2-12/h9-11,14H,1-8,13H2. The summed E-state index contributed by atoms with van der Waals surface area (Å²) in [6.45, 7) is 3.79. The molecule has 1 spiro atoms. The Kier molecular flexibility index (Phi) is 2.92. The van der Waals surface area contributed by atoms with Crippen molar-refractivity contribution in [1.29, 1.82) is 0 Å². The van der Waals surface area contributed by atoms with Crippen molar-refractivity contribution >= 4 is 0 Å². The van der Waals surface area contributed by atoms with Gasteiger partial charge in [0.1, 0.15) is 6.10 Å². The molecule has 2 aliphatic heterocycles. The van der Waals surface area contributed by atoms with Crippen LogP contribution in [0.3, 0.4) is 0 Å². The van der Waals surface area contributed by atoms with Gasteiger partial charge in [0.05, 0.1) is 19.3 Å². The van der Waals surface area contributed by atoms with Gasteiger partial charge in [-0.2, -0.15) is 0 Å². The summed E-state index contributed by atoms with van der Waals surface area (Å²) in [5, 5.41) is 3.42. The van der Waals surface area contributed by atoms with E-state index in [2.05, 4.69) is 5.32 Å². The number of rotatable bonds is 2. The molecule has 0 amide bonds. The molecule has 2 atom stereocenters. The molecule has 16 heavy (non-hydrogen) atoms. The average molecular weight is 226 g/mol. The monoisotopic (exact) mass is 226 g/mol. The fourth-order valence-electron chi connectivity index (χ4n) is 3.39. The first-order chi connectivity index (χ1) is 7.78. The van der Waals surface area contributed by atoms with Crippen LogP contribution in [0.4, 0.5) is 0 Å². The van der Waals surface area contributed by atoms with E-state index in [1.807, 2.05) is 0 Å². The highest BCUT2D eigenvalue weighted by molar-refractivity contribution is 5.01. The van der Waals surface area contributed by atoms with Gasteiger partial charge in [0.25, 0.3) is 0 Å². The van der Waals surface area contributed by atoms with Gasteiger partial charge in [0, 0.05) is 6.04 Å². The fraction of sp³-hybridized carbons (Fsp3) is 1.00. The Morgan fingerprint density at radius 1 is 1.19 bits per heavy atom. The summed E-state index contributed by atoms with van der Waals surface area (Å²) in [7, 11) is 0. The third kappa shape index (κ3) is 1.88. The van der Waals surface area contributed by atoms with E-state index in [0.29, 0.717) is 23.7 Å². The molecule has 1 saturated carbocycles. The zero-order chi connectivity index (χ0) is 11.0. The summed E-state index contributed by atoms with van der Waals surface area (Å²) in [4.78, 5) is 0. The maximum atomic E-state index is 6.33. The number of piperidine rings is 1. The van der Waals surface area contributed by atoms with Crippen molar-refractivity contribution < 1.29 is 9.47 Å². The van der Waals surface area contributed by atoms with Crippen molar-refractivity contribution in [3.8, 4) is 0 Å². The minimum atomic E-state index is 0.334. The second kappa shape index (κ2) is 4.26. The van der Waals surface area contributed by atoms with Crippen LogP contribution in [0.2, 0.25) is 0 Å². The van der Waals surface area contributed by atoms with E-state index < -0.39 is 0 Å². The van der Waals surface area contributed by atoms with Crippen molar-refractivity contribution in [3.05, 3.63) is 0 Å². The summed E-state index contributed by atoms with van der Waals surface area (Å²) >= 11 is 0. The summed E-state index contributed by atoms with van der Waals surface area (Å²) in [6.07, 6.45) is 5.35. The maximum Gasteiger partial charge on any atom is 0.104 e. The Morgan fingerprint density at radius 2 is 1.94 bits per heavy atom. The molecule has 3 aliphatic rings. The third-order valence-corrected chi connectivity index (χ3v) is 4.53. The van der Waals surface area contributed by atoms with Crippen molar-refractivity contribution in [1.82, 2.24) is 5.32 Å². The number of nitrogens with one attached hydrogen (secondary N) is 1. The molecule has 3 rings (SSSR count). The lowest BCUT2D eigenvalue weighted by Gasteiger charge is -2.37. The van der Waals surface area contributed by atoms with Crippen LogP contribution in [0.1, 0.15) is 25.7 Å². The quantitative estimate of drug-likeness (QED) is 0.709. The summed E-state index contributed by atoms with van der Waals surface area (Å²) in [6, 6.07) is 0.334. The lowest BCUT2D eigenvalue weighted by atomic mass is 9.75. The van der Waals surface area contributed by atoms with Crippen LogP contribution in [0.5, 0.6) is 0 Å². The molecule has 2 unspecified atom stereocenters. The van der Waals surface area contributed by atoms with E-state index >= 15 is 0 Å². The molecule has 0 aromatic heterocycles. The molecule has 0 aromatic carbocycles. The van der Waals surface area contributed by atoms with Crippen LogP contribution in [0.15, 0.2) is 0 Å². The molecule has 1 aliphatic carbocycles. The molecule has 0 aromatic rings. The fourth-order valence-corrected chi connectivity index (χ4v) is 3.39. The molecule has 3 N–H and O–H groups in total. The highest BCUT2D eigenvalue weighted by Crippen LogP contribution is 2.45. The Balaban J connectivity index is 1.59. The van der Waals surface area contributed by atoms with Gasteiger partial charge in [-0.05, 0) is 44.2 Å². The molecule has 2 heterocycles. The van der Waals surface area contributed by atoms with Gasteiger partial charge in [-0.15, -0.1) is 0 Å². The van der Waals surface area contributed by atoms with Crippen molar-refractivity contribution in [2.24, 2.45) is 11.1 Å². The smallest absolute Gasteiger partial charge is 0.104 e. The van der Waals surface area contributed by atoms with Gasteiger partial charge in [-0.1, -0.05) is 0 Å². The predicted octanol–water partition coefficient (Wildman–Crippen LogP) is 0.261. The SMILES string of the molecule is NC1CC(OC2COC2)CC12CCNCC2. The van der Waals surface area contributed by atoms with Crippen LogP contribution < -0.4 is 11.1 Å². The molecular weight excluding hydrogens is 204 g/mol. The second-order valence-corrected chi connectivity index (χ2v) is 5.58. The molecule has 0 bridgehead atoms. The predicted molar refractivity (Wildman–Crippen MR) is 61.2 cm³/mol. The van der Waals surface area contributed by atoms with Crippen molar-refractivity contribution in [2.75, 3.05) is 26.3 Å². The van der Waals surface area contributed by atoms with E-state index in [4.69, 9.17) is 15.2 Å². The first-order valence-corrected chi connectivity index (χ1v) is 6.48. The van der Waals surface area contributed by atoms with Gasteiger partial charge in [-0.25, -0.2) is 0 Å². The minimum absolute atomic E-state index is 0.334. The first-order valence-electron chi connectivity index (χ1n) is 6.48. The maximum absolute atomic E-state index is 6.33. The van der Waals surface area contributed by atoms with E-state index in [9.17, 15) is 0 Å². The number of hydrogen-bond donors (Lipinski definition) is 2. The summed E-state index contributed by atoms with van der Waals surface area (Å²) in [5.74, 6) is 0. The van der Waals surface area contributed by atoms with Crippen molar-refractivity contribution in [2.45, 2.75) is 43.9 Å². The van der Waals surface area contributed by atoms with E-state index in [1.165, 1.54) is 12.8 Å². The molecule has 4 nitrogen and oxygen atoms in total. The van der Waals surface area contributed by atoms with E-state index in [0.717, 1.165) is 39.1 Å². The highest BCUT2D eigenvalue weighted by Gasteiger charge is 2.47. The molecule has 3 fully saturated rings. The largest absolute Gasteiger partial charge is 0.376 e. The molecule has 0 radical (unpaired) electrons. The second-order valence-electron chi connectivity index (χ2n) is 5.58. The Morgan fingerprint density at radius 3 is 2.56 bits per heavy atom. The van der Waals surface area contributed by atoms with Gasteiger partial charge >= 0.3 is 0 Å². The number of nitrogens with two attached hydrogens (primary N) is 1. The van der Waals surface area contributed by atoms with E-state index in [1.54, 1.807) is 0 Å². The van der Waals surface area contributed by atoms with Gasteiger partial charge < -0.3 is 20.5 Å². The zero-order valence-corrected chi connectivity index (χ0v) is 9.78. The topological polar surface area (TPSA) is 56.5 Å². The molecule has 4 heteroatoms. The normalized spacial score (nSPS) is 38.8. The van der Waals surface area contributed by atoms with Gasteiger partial charge in [0.15, 0.2) is 0 Å². The van der Waals surface area contributed by atoms with Crippen LogP contribution in [-0.2, 0) is 9.47 Å². The molecule has 2 saturated heterocycles. The Labute approximate surface area is 96.9 Å². The first kappa shape index (κ1) is 11.0. The minimum Gasteiger partial charge on any atom is -0.376 e. The third-order valence-electron chi connectivity index (χ3n) is 4.53. The summed E-state index contributed by atoms with van der Waals surface area (Å²) < 4.78 is 11.2. The van der Waals surface area contributed by atoms with Crippen LogP contribution in [0, 0.1) is 5.41 Å². The summed E-state index contributed by atoms with van der Waals surface area (Å²) in [5.41, 5.74) is 6.69. The lowest BCUT2D eigenvalue weighted by molar-refractivity contribution is -0.154.